The maximum Gasteiger partial charge on any atom is 0.258 e. The fourth-order valence-electron chi connectivity index (χ4n) is 1.57. The minimum Gasteiger partial charge on any atom is -0.484 e. The molecule has 5 heteroatoms. The highest BCUT2D eigenvalue weighted by atomic mass is 32.1. The number of carbonyl (C=O) groups excluding carboxylic acids is 1. The second-order valence-electron chi connectivity index (χ2n) is 4.05. The van der Waals surface area contributed by atoms with Gasteiger partial charge in [-0.1, -0.05) is 6.07 Å². The first kappa shape index (κ1) is 13.5. The zero-order chi connectivity index (χ0) is 13.7. The van der Waals surface area contributed by atoms with E-state index in [2.05, 4.69) is 5.32 Å². The highest BCUT2D eigenvalue weighted by molar-refractivity contribution is 7.10. The van der Waals surface area contributed by atoms with Crippen LogP contribution < -0.4 is 10.1 Å². The van der Waals surface area contributed by atoms with E-state index in [9.17, 15) is 9.18 Å². The van der Waals surface area contributed by atoms with Crippen molar-refractivity contribution in [1.29, 1.82) is 0 Å². The molecule has 0 saturated heterocycles. The van der Waals surface area contributed by atoms with Gasteiger partial charge >= 0.3 is 0 Å². The molecule has 0 aliphatic rings. The number of nitrogens with one attached hydrogen (secondary N) is 1. The molecule has 1 aromatic heterocycles. The third-order valence-corrected chi connectivity index (χ3v) is 3.59. The van der Waals surface area contributed by atoms with Crippen molar-refractivity contribution < 1.29 is 13.9 Å². The predicted molar refractivity (Wildman–Crippen MR) is 72.8 cm³/mol. The van der Waals surface area contributed by atoms with Crippen LogP contribution in [0.1, 0.15) is 17.8 Å². The van der Waals surface area contributed by atoms with E-state index in [-0.39, 0.29) is 24.4 Å². The summed E-state index contributed by atoms with van der Waals surface area (Å²) in [5.74, 6) is -0.0614. The number of rotatable bonds is 5. The van der Waals surface area contributed by atoms with E-state index >= 15 is 0 Å². The third-order valence-electron chi connectivity index (χ3n) is 2.53. The highest BCUT2D eigenvalue weighted by Gasteiger charge is 2.10. The van der Waals surface area contributed by atoms with E-state index in [0.717, 1.165) is 4.88 Å². The Morgan fingerprint density at radius 2 is 2.11 bits per heavy atom. The molecular weight excluding hydrogens is 265 g/mol. The molecule has 2 aromatic rings. The lowest BCUT2D eigenvalue weighted by atomic mass is 10.3. The number of thiophene rings is 1. The molecule has 1 unspecified atom stereocenters. The van der Waals surface area contributed by atoms with Gasteiger partial charge in [0.15, 0.2) is 6.61 Å². The molecule has 1 amide bonds. The van der Waals surface area contributed by atoms with Gasteiger partial charge in [-0.3, -0.25) is 4.79 Å². The van der Waals surface area contributed by atoms with E-state index in [4.69, 9.17) is 4.74 Å². The molecule has 0 bridgehead atoms. The van der Waals surface area contributed by atoms with Crippen LogP contribution in [0.4, 0.5) is 4.39 Å². The summed E-state index contributed by atoms with van der Waals surface area (Å²) in [7, 11) is 0. The van der Waals surface area contributed by atoms with Crippen molar-refractivity contribution in [1.82, 2.24) is 5.32 Å². The van der Waals surface area contributed by atoms with Crippen LogP contribution in [0.2, 0.25) is 0 Å². The van der Waals surface area contributed by atoms with Crippen LogP contribution in [0.15, 0.2) is 41.8 Å². The number of hydrogen-bond acceptors (Lipinski definition) is 3. The minimum absolute atomic E-state index is 0.0377. The van der Waals surface area contributed by atoms with Crippen LogP contribution in [-0.2, 0) is 4.79 Å². The van der Waals surface area contributed by atoms with Gasteiger partial charge in [-0.2, -0.15) is 0 Å². The number of hydrogen-bond donors (Lipinski definition) is 1. The standard InChI is InChI=1S/C14H14FNO2S/c1-10(13-3-2-8-19-13)16-14(17)9-18-12-6-4-11(15)5-7-12/h2-8,10H,9H2,1H3,(H,16,17). The smallest absolute Gasteiger partial charge is 0.258 e. The molecule has 0 saturated carbocycles. The zero-order valence-corrected chi connectivity index (χ0v) is 11.2. The topological polar surface area (TPSA) is 38.3 Å². The van der Waals surface area contributed by atoms with Gasteiger partial charge in [-0.25, -0.2) is 4.39 Å². The fraction of sp³-hybridized carbons (Fsp3) is 0.214. The molecule has 1 heterocycles. The molecule has 1 aromatic carbocycles. The normalized spacial score (nSPS) is 11.9. The van der Waals surface area contributed by atoms with Crippen LogP contribution in [0, 0.1) is 5.82 Å². The summed E-state index contributed by atoms with van der Waals surface area (Å²) in [6.45, 7) is 1.84. The highest BCUT2D eigenvalue weighted by Crippen LogP contribution is 2.18. The van der Waals surface area contributed by atoms with Crippen molar-refractivity contribution >= 4 is 17.2 Å². The zero-order valence-electron chi connectivity index (χ0n) is 10.4. The molecule has 1 atom stereocenters. The Morgan fingerprint density at radius 1 is 1.37 bits per heavy atom. The van der Waals surface area contributed by atoms with Crippen LogP contribution in [0.5, 0.6) is 5.75 Å². The van der Waals surface area contributed by atoms with E-state index in [1.807, 2.05) is 24.4 Å². The maximum absolute atomic E-state index is 12.7. The third kappa shape index (κ3) is 4.06. The Labute approximate surface area is 115 Å². The molecule has 2 rings (SSSR count). The summed E-state index contributed by atoms with van der Waals surface area (Å²) < 4.78 is 17.9. The van der Waals surface area contributed by atoms with E-state index < -0.39 is 0 Å². The first-order valence-corrected chi connectivity index (χ1v) is 6.74. The second-order valence-corrected chi connectivity index (χ2v) is 5.03. The molecule has 19 heavy (non-hydrogen) atoms. The molecular formula is C14H14FNO2S. The lowest BCUT2D eigenvalue weighted by Crippen LogP contribution is -2.30. The largest absolute Gasteiger partial charge is 0.484 e. The van der Waals surface area contributed by atoms with E-state index in [1.165, 1.54) is 24.3 Å². The van der Waals surface area contributed by atoms with Crippen molar-refractivity contribution in [3.05, 3.63) is 52.5 Å². The SMILES string of the molecule is CC(NC(=O)COc1ccc(F)cc1)c1cccs1. The van der Waals surface area contributed by atoms with E-state index in [0.29, 0.717) is 5.75 Å². The molecule has 0 radical (unpaired) electrons. The molecule has 3 nitrogen and oxygen atoms in total. The minimum atomic E-state index is -0.330. The van der Waals surface area contributed by atoms with Gasteiger partial charge in [0.1, 0.15) is 11.6 Å². The van der Waals surface area contributed by atoms with Crippen molar-refractivity contribution in [2.24, 2.45) is 0 Å². The Kier molecular flexibility index (Phi) is 4.52. The summed E-state index contributed by atoms with van der Waals surface area (Å²) >= 11 is 1.59. The van der Waals surface area contributed by atoms with Crippen molar-refractivity contribution in [2.45, 2.75) is 13.0 Å². The first-order valence-electron chi connectivity index (χ1n) is 5.86. The monoisotopic (exact) mass is 279 g/mol. The fourth-order valence-corrected chi connectivity index (χ4v) is 2.31. The van der Waals surface area contributed by atoms with Gasteiger partial charge in [0, 0.05) is 4.88 Å². The summed E-state index contributed by atoms with van der Waals surface area (Å²) in [4.78, 5) is 12.8. The molecule has 0 aliphatic heterocycles. The predicted octanol–water partition coefficient (Wildman–Crippen LogP) is 3.14. The Morgan fingerprint density at radius 3 is 2.74 bits per heavy atom. The lowest BCUT2D eigenvalue weighted by molar-refractivity contribution is -0.123. The van der Waals surface area contributed by atoms with Gasteiger partial charge in [0.2, 0.25) is 0 Å². The molecule has 1 N–H and O–H groups in total. The summed E-state index contributed by atoms with van der Waals surface area (Å²) in [6, 6.07) is 9.44. The Hall–Kier alpha value is -1.88. The average molecular weight is 279 g/mol. The first-order chi connectivity index (χ1) is 9.15. The summed E-state index contributed by atoms with van der Waals surface area (Å²) in [6.07, 6.45) is 0. The second kappa shape index (κ2) is 6.33. The van der Waals surface area contributed by atoms with Crippen molar-refractivity contribution in [3.63, 3.8) is 0 Å². The molecule has 100 valence electrons. The molecule has 0 spiro atoms. The number of benzene rings is 1. The average Bonchev–Trinajstić information content (AvgIpc) is 2.92. The molecule has 0 aliphatic carbocycles. The van der Waals surface area contributed by atoms with Gasteiger partial charge in [0.05, 0.1) is 6.04 Å². The number of carbonyl (C=O) groups is 1. The summed E-state index contributed by atoms with van der Waals surface area (Å²) in [5, 5.41) is 4.80. The van der Waals surface area contributed by atoms with Gasteiger partial charge in [-0.15, -0.1) is 11.3 Å². The van der Waals surface area contributed by atoms with Gasteiger partial charge in [-0.05, 0) is 42.6 Å². The lowest BCUT2D eigenvalue weighted by Gasteiger charge is -2.12. The van der Waals surface area contributed by atoms with Crippen LogP contribution in [-0.4, -0.2) is 12.5 Å². The number of halogens is 1. The van der Waals surface area contributed by atoms with Crippen molar-refractivity contribution in [3.8, 4) is 5.75 Å². The molecule has 0 fully saturated rings. The summed E-state index contributed by atoms with van der Waals surface area (Å²) in [5.41, 5.74) is 0. The van der Waals surface area contributed by atoms with Crippen LogP contribution in [0.25, 0.3) is 0 Å². The number of amides is 1. The number of ether oxygens (including phenoxy) is 1. The van der Waals surface area contributed by atoms with Crippen LogP contribution >= 0.6 is 11.3 Å². The van der Waals surface area contributed by atoms with E-state index in [1.54, 1.807) is 11.3 Å². The Balaban J connectivity index is 1.80. The van der Waals surface area contributed by atoms with Crippen molar-refractivity contribution in [2.75, 3.05) is 6.61 Å². The maximum atomic E-state index is 12.7. The Bertz CT molecular complexity index is 525. The van der Waals surface area contributed by atoms with Gasteiger partial charge < -0.3 is 10.1 Å². The quantitative estimate of drug-likeness (QED) is 0.913. The van der Waals surface area contributed by atoms with Gasteiger partial charge in [0.25, 0.3) is 5.91 Å². The van der Waals surface area contributed by atoms with Crippen LogP contribution in [0.3, 0.4) is 0 Å².